The van der Waals surface area contributed by atoms with Gasteiger partial charge in [0.1, 0.15) is 0 Å². The van der Waals surface area contributed by atoms with Crippen LogP contribution in [-0.2, 0) is 14.9 Å². The van der Waals surface area contributed by atoms with Gasteiger partial charge in [-0.05, 0) is 6.92 Å². The fourth-order valence-corrected chi connectivity index (χ4v) is 2.52. The van der Waals surface area contributed by atoms with Gasteiger partial charge >= 0.3 is 0 Å². The van der Waals surface area contributed by atoms with E-state index in [0.717, 1.165) is 0 Å². The molecule has 0 aliphatic heterocycles. The minimum atomic E-state index is -4.39. The third kappa shape index (κ3) is 3.12. The Balaban J connectivity index is 5.84. The van der Waals surface area contributed by atoms with Crippen LogP contribution in [0.4, 0.5) is 0 Å². The van der Waals surface area contributed by atoms with Crippen molar-refractivity contribution in [3.63, 3.8) is 0 Å². The number of hydrogen-bond acceptors (Lipinski definition) is 3. The van der Waals surface area contributed by atoms with Gasteiger partial charge in [-0.25, -0.2) is 0 Å². The average molecular weight is 221 g/mol. The van der Waals surface area contributed by atoms with E-state index in [1.54, 1.807) is 20.8 Å². The number of hydrogen-bond donors (Lipinski definition) is 2. The maximum Gasteiger partial charge on any atom is 0.291 e. The fraction of sp³-hybridized carbons (Fsp3) is 0.625. The zero-order valence-corrected chi connectivity index (χ0v) is 9.47. The van der Waals surface area contributed by atoms with Crippen molar-refractivity contribution >= 4 is 16.0 Å². The summed E-state index contributed by atoms with van der Waals surface area (Å²) in [5.74, 6) is -0.854. The highest BCUT2D eigenvalue weighted by atomic mass is 32.2. The van der Waals surface area contributed by atoms with Crippen LogP contribution >= 0.6 is 0 Å². The quantitative estimate of drug-likeness (QED) is 0.529. The summed E-state index contributed by atoms with van der Waals surface area (Å²) in [5, 5.41) is 0. The van der Waals surface area contributed by atoms with Crippen LogP contribution in [0.1, 0.15) is 27.7 Å². The number of rotatable bonds is 2. The van der Waals surface area contributed by atoms with Crippen LogP contribution < -0.4 is 5.73 Å². The molecule has 0 saturated heterocycles. The molecule has 0 unspecified atom stereocenters. The maximum atomic E-state index is 11.0. The monoisotopic (exact) mass is 221 g/mol. The lowest BCUT2D eigenvalue weighted by Crippen LogP contribution is -2.24. The SMILES string of the molecule is C/C(C(N)=O)=C(\C(C)(C)C)S(=O)(=O)O. The molecule has 0 aliphatic rings. The Morgan fingerprint density at radius 1 is 1.29 bits per heavy atom. The number of amides is 1. The summed E-state index contributed by atoms with van der Waals surface area (Å²) in [4.78, 5) is 10.5. The largest absolute Gasteiger partial charge is 0.366 e. The van der Waals surface area contributed by atoms with E-state index < -0.39 is 21.4 Å². The molecule has 6 heteroatoms. The maximum absolute atomic E-state index is 11.0. The molecule has 0 radical (unpaired) electrons. The summed E-state index contributed by atoms with van der Waals surface area (Å²) in [6.45, 7) is 5.99. The van der Waals surface area contributed by atoms with Gasteiger partial charge in [0, 0.05) is 11.0 Å². The van der Waals surface area contributed by atoms with Crippen LogP contribution in [0.5, 0.6) is 0 Å². The molecule has 14 heavy (non-hydrogen) atoms. The Hall–Kier alpha value is -0.880. The summed E-state index contributed by atoms with van der Waals surface area (Å²) < 4.78 is 31.0. The zero-order valence-electron chi connectivity index (χ0n) is 8.66. The number of carbonyl (C=O) groups is 1. The van der Waals surface area contributed by atoms with E-state index in [4.69, 9.17) is 10.3 Å². The van der Waals surface area contributed by atoms with Crippen LogP contribution in [0, 0.1) is 5.41 Å². The molecular weight excluding hydrogens is 206 g/mol. The Kier molecular flexibility index (Phi) is 3.47. The van der Waals surface area contributed by atoms with Crippen LogP contribution in [0.25, 0.3) is 0 Å². The van der Waals surface area contributed by atoms with Crippen molar-refractivity contribution in [1.82, 2.24) is 0 Å². The van der Waals surface area contributed by atoms with Crippen molar-refractivity contribution in [1.29, 1.82) is 0 Å². The first-order valence-electron chi connectivity index (χ1n) is 3.96. The molecule has 0 heterocycles. The van der Waals surface area contributed by atoms with Gasteiger partial charge in [-0.3, -0.25) is 9.35 Å². The lowest BCUT2D eigenvalue weighted by molar-refractivity contribution is -0.114. The van der Waals surface area contributed by atoms with Crippen LogP contribution in [0.3, 0.4) is 0 Å². The van der Waals surface area contributed by atoms with Gasteiger partial charge in [0.2, 0.25) is 5.91 Å². The first-order valence-corrected chi connectivity index (χ1v) is 5.40. The van der Waals surface area contributed by atoms with E-state index >= 15 is 0 Å². The molecule has 3 N–H and O–H groups in total. The third-order valence-corrected chi connectivity index (χ3v) is 3.08. The van der Waals surface area contributed by atoms with Gasteiger partial charge in [0.05, 0.1) is 4.91 Å². The molecule has 0 aromatic carbocycles. The molecule has 0 aromatic rings. The molecule has 0 aromatic heterocycles. The van der Waals surface area contributed by atoms with Crippen LogP contribution in [0.15, 0.2) is 10.5 Å². The minimum absolute atomic E-state index is 0.139. The van der Waals surface area contributed by atoms with Gasteiger partial charge in [-0.2, -0.15) is 8.42 Å². The van der Waals surface area contributed by atoms with E-state index in [-0.39, 0.29) is 10.5 Å². The van der Waals surface area contributed by atoms with Gasteiger partial charge < -0.3 is 5.73 Å². The normalized spacial score (nSPS) is 14.9. The second kappa shape index (κ2) is 3.70. The molecule has 1 amide bonds. The van der Waals surface area contributed by atoms with Crippen LogP contribution in [0.2, 0.25) is 0 Å². The van der Waals surface area contributed by atoms with Gasteiger partial charge in [0.15, 0.2) is 0 Å². The molecule has 0 aliphatic carbocycles. The molecular formula is C8H15NO4S. The number of allylic oxidation sites excluding steroid dienone is 1. The summed E-state index contributed by atoms with van der Waals surface area (Å²) in [6.07, 6.45) is 0. The van der Waals surface area contributed by atoms with Crippen molar-refractivity contribution in [2.45, 2.75) is 27.7 Å². The van der Waals surface area contributed by atoms with Gasteiger partial charge in [-0.1, -0.05) is 20.8 Å². The summed E-state index contributed by atoms with van der Waals surface area (Å²) in [5.41, 5.74) is 3.96. The first-order chi connectivity index (χ1) is 5.98. The van der Waals surface area contributed by atoms with E-state index in [1.165, 1.54) is 6.92 Å². The second-order valence-corrected chi connectivity index (χ2v) is 5.40. The molecule has 0 saturated carbocycles. The van der Waals surface area contributed by atoms with E-state index in [1.807, 2.05) is 0 Å². The van der Waals surface area contributed by atoms with Crippen molar-refractivity contribution in [2.75, 3.05) is 0 Å². The standard InChI is InChI=1S/C8H15NO4S/c1-5(7(9)10)6(8(2,3)4)14(11,12)13/h1-4H3,(H2,9,10)(H,11,12,13)/b6-5-. The lowest BCUT2D eigenvalue weighted by atomic mass is 9.93. The predicted molar refractivity (Wildman–Crippen MR) is 52.9 cm³/mol. The highest BCUT2D eigenvalue weighted by Crippen LogP contribution is 2.31. The fourth-order valence-electron chi connectivity index (χ4n) is 1.25. The van der Waals surface area contributed by atoms with E-state index in [9.17, 15) is 13.2 Å². The summed E-state index contributed by atoms with van der Waals surface area (Å²) in [6, 6.07) is 0. The second-order valence-electron chi connectivity index (χ2n) is 4.04. The smallest absolute Gasteiger partial charge is 0.291 e. The van der Waals surface area contributed by atoms with Crippen molar-refractivity contribution in [2.24, 2.45) is 11.1 Å². The highest BCUT2D eigenvalue weighted by molar-refractivity contribution is 7.89. The Bertz CT molecular complexity index is 373. The Labute approximate surface area is 83.7 Å². The van der Waals surface area contributed by atoms with Crippen molar-refractivity contribution in [3.05, 3.63) is 10.5 Å². The summed E-state index contributed by atoms with van der Waals surface area (Å²) in [7, 11) is -4.39. The molecule has 0 spiro atoms. The van der Waals surface area contributed by atoms with Gasteiger partial charge in [-0.15, -0.1) is 0 Å². The number of primary amides is 1. The van der Waals surface area contributed by atoms with E-state index in [2.05, 4.69) is 0 Å². The predicted octanol–water partition coefficient (Wildman–Crippen LogP) is 0.680. The lowest BCUT2D eigenvalue weighted by Gasteiger charge is -2.21. The number of nitrogens with two attached hydrogens (primary N) is 1. The highest BCUT2D eigenvalue weighted by Gasteiger charge is 2.31. The third-order valence-electron chi connectivity index (χ3n) is 1.65. The number of carbonyl (C=O) groups excluding carboxylic acids is 1. The molecule has 82 valence electrons. The topological polar surface area (TPSA) is 97.5 Å². The van der Waals surface area contributed by atoms with Crippen LogP contribution in [-0.4, -0.2) is 18.9 Å². The Morgan fingerprint density at radius 3 is 1.71 bits per heavy atom. The Morgan fingerprint density at radius 2 is 1.64 bits per heavy atom. The van der Waals surface area contributed by atoms with Gasteiger partial charge in [0.25, 0.3) is 10.1 Å². The summed E-state index contributed by atoms with van der Waals surface area (Å²) >= 11 is 0. The zero-order chi connectivity index (χ0) is 11.7. The minimum Gasteiger partial charge on any atom is -0.366 e. The molecule has 5 nitrogen and oxygen atoms in total. The average Bonchev–Trinajstić information content (AvgIpc) is 1.79. The van der Waals surface area contributed by atoms with Crippen molar-refractivity contribution in [3.8, 4) is 0 Å². The van der Waals surface area contributed by atoms with E-state index in [0.29, 0.717) is 0 Å². The first kappa shape index (κ1) is 13.1. The molecule has 0 fully saturated rings. The molecule has 0 atom stereocenters. The molecule has 0 rings (SSSR count). The molecule has 0 bridgehead atoms. The van der Waals surface area contributed by atoms with Crippen molar-refractivity contribution < 1.29 is 17.8 Å².